The highest BCUT2D eigenvalue weighted by atomic mass is 16.1. The highest BCUT2D eigenvalue weighted by Gasteiger charge is 2.09. The first-order valence-corrected chi connectivity index (χ1v) is 8.26. The third-order valence-electron chi connectivity index (χ3n) is 4.19. The van der Waals surface area contributed by atoms with Crippen LogP contribution in [0.4, 0.5) is 0 Å². The Balaban J connectivity index is 1.51. The Kier molecular flexibility index (Phi) is 4.92. The summed E-state index contributed by atoms with van der Waals surface area (Å²) >= 11 is 0. The number of benzene rings is 1. The van der Waals surface area contributed by atoms with E-state index in [4.69, 9.17) is 0 Å². The molecule has 0 atom stereocenters. The second-order valence-electron chi connectivity index (χ2n) is 6.11. The summed E-state index contributed by atoms with van der Waals surface area (Å²) in [6.07, 6.45) is 4.06. The summed E-state index contributed by atoms with van der Waals surface area (Å²) in [6.45, 7) is 5.00. The maximum atomic E-state index is 12.0. The zero-order chi connectivity index (χ0) is 17.8. The Labute approximate surface area is 145 Å². The number of aromatic amines is 1. The molecule has 3 rings (SSSR count). The lowest BCUT2D eigenvalue weighted by Gasteiger charge is -2.07. The average molecular weight is 339 g/mol. The molecule has 130 valence electrons. The molecule has 0 aliphatic heterocycles. The van der Waals surface area contributed by atoms with Crippen LogP contribution in [0.2, 0.25) is 0 Å². The zero-order valence-electron chi connectivity index (χ0n) is 14.4. The van der Waals surface area contributed by atoms with E-state index in [9.17, 15) is 9.59 Å². The third-order valence-corrected chi connectivity index (χ3v) is 4.19. The van der Waals surface area contributed by atoms with E-state index in [1.807, 2.05) is 10.9 Å². The van der Waals surface area contributed by atoms with Crippen LogP contribution in [0.3, 0.4) is 0 Å². The standard InChI is InChI=1S/C18H21N5O2/c1-12-4-5-14-10-22-23(16(14)8-12)7-3-6-19-17(24)9-15-13(2)18(25)21-11-20-15/h4-5,8,10-11H,3,6-7,9H2,1-2H3,(H,19,24)(H,20,21,25). The Bertz CT molecular complexity index is 957. The van der Waals surface area contributed by atoms with Crippen molar-refractivity contribution in [2.75, 3.05) is 6.54 Å². The first-order valence-electron chi connectivity index (χ1n) is 8.26. The van der Waals surface area contributed by atoms with Gasteiger partial charge in [-0.2, -0.15) is 5.10 Å². The van der Waals surface area contributed by atoms with E-state index in [1.54, 1.807) is 6.92 Å². The number of hydrogen-bond donors (Lipinski definition) is 2. The van der Waals surface area contributed by atoms with E-state index < -0.39 is 0 Å². The van der Waals surface area contributed by atoms with Crippen LogP contribution < -0.4 is 10.9 Å². The quantitative estimate of drug-likeness (QED) is 0.666. The topological polar surface area (TPSA) is 92.7 Å². The van der Waals surface area contributed by atoms with E-state index in [0.717, 1.165) is 23.9 Å². The molecule has 0 aliphatic carbocycles. The predicted molar refractivity (Wildman–Crippen MR) is 95.4 cm³/mol. The normalized spacial score (nSPS) is 11.0. The predicted octanol–water partition coefficient (Wildman–Crippen LogP) is 1.49. The van der Waals surface area contributed by atoms with Gasteiger partial charge in [-0.05, 0) is 31.9 Å². The largest absolute Gasteiger partial charge is 0.356 e. The first-order chi connectivity index (χ1) is 12.0. The van der Waals surface area contributed by atoms with Crippen LogP contribution in [0.25, 0.3) is 10.9 Å². The Morgan fingerprint density at radius 2 is 2.16 bits per heavy atom. The van der Waals surface area contributed by atoms with Crippen molar-refractivity contribution in [3.8, 4) is 0 Å². The molecule has 0 saturated carbocycles. The number of aryl methyl sites for hydroxylation is 2. The summed E-state index contributed by atoms with van der Waals surface area (Å²) in [5, 5.41) is 8.38. The van der Waals surface area contributed by atoms with Crippen LogP contribution in [-0.4, -0.2) is 32.2 Å². The minimum atomic E-state index is -0.210. The zero-order valence-corrected chi connectivity index (χ0v) is 14.4. The number of amides is 1. The summed E-state index contributed by atoms with van der Waals surface area (Å²) in [5.41, 5.74) is 3.09. The van der Waals surface area contributed by atoms with Gasteiger partial charge in [0, 0.05) is 24.0 Å². The number of carbonyl (C=O) groups excluding carboxylic acids is 1. The van der Waals surface area contributed by atoms with Crippen LogP contribution in [0, 0.1) is 13.8 Å². The van der Waals surface area contributed by atoms with Crippen LogP contribution >= 0.6 is 0 Å². The average Bonchev–Trinajstić information content (AvgIpc) is 2.98. The van der Waals surface area contributed by atoms with Crippen LogP contribution in [0.5, 0.6) is 0 Å². The Morgan fingerprint density at radius 1 is 1.32 bits per heavy atom. The summed E-state index contributed by atoms with van der Waals surface area (Å²) in [4.78, 5) is 30.1. The number of carbonyl (C=O) groups is 1. The van der Waals surface area contributed by atoms with E-state index in [-0.39, 0.29) is 17.9 Å². The van der Waals surface area contributed by atoms with Crippen LogP contribution in [-0.2, 0) is 17.8 Å². The molecule has 7 nitrogen and oxygen atoms in total. The molecular formula is C18H21N5O2. The molecule has 7 heteroatoms. The van der Waals surface area contributed by atoms with Gasteiger partial charge in [0.15, 0.2) is 0 Å². The molecule has 0 saturated heterocycles. The second kappa shape index (κ2) is 7.29. The molecule has 0 aliphatic rings. The van der Waals surface area contributed by atoms with Gasteiger partial charge in [-0.3, -0.25) is 14.3 Å². The molecule has 3 aromatic rings. The van der Waals surface area contributed by atoms with Gasteiger partial charge in [0.1, 0.15) is 0 Å². The maximum Gasteiger partial charge on any atom is 0.253 e. The molecule has 1 aromatic carbocycles. The fourth-order valence-electron chi connectivity index (χ4n) is 2.71. The number of nitrogens with zero attached hydrogens (tertiary/aromatic N) is 3. The third kappa shape index (κ3) is 3.93. The minimum absolute atomic E-state index is 0.111. The fraction of sp³-hybridized carbons (Fsp3) is 0.333. The molecule has 25 heavy (non-hydrogen) atoms. The van der Waals surface area contributed by atoms with Gasteiger partial charge < -0.3 is 10.3 Å². The monoisotopic (exact) mass is 339 g/mol. The van der Waals surface area contributed by atoms with Crippen molar-refractivity contribution in [1.29, 1.82) is 0 Å². The van der Waals surface area contributed by atoms with Crippen molar-refractivity contribution in [2.24, 2.45) is 0 Å². The summed E-state index contributed by atoms with van der Waals surface area (Å²) in [7, 11) is 0. The molecule has 0 bridgehead atoms. The molecule has 0 unspecified atom stereocenters. The number of fused-ring (bicyclic) bond motifs is 1. The molecular weight excluding hydrogens is 318 g/mol. The van der Waals surface area contributed by atoms with Gasteiger partial charge >= 0.3 is 0 Å². The molecule has 0 spiro atoms. The smallest absolute Gasteiger partial charge is 0.253 e. The maximum absolute atomic E-state index is 12.0. The van der Waals surface area contributed by atoms with Gasteiger partial charge in [0.25, 0.3) is 5.56 Å². The number of H-pyrrole nitrogens is 1. The minimum Gasteiger partial charge on any atom is -0.356 e. The number of rotatable bonds is 6. The molecule has 2 heterocycles. The van der Waals surface area contributed by atoms with Gasteiger partial charge in [0.2, 0.25) is 5.91 Å². The lowest BCUT2D eigenvalue weighted by molar-refractivity contribution is -0.120. The molecule has 0 radical (unpaired) electrons. The van der Waals surface area contributed by atoms with Crippen molar-refractivity contribution in [1.82, 2.24) is 25.1 Å². The highest BCUT2D eigenvalue weighted by molar-refractivity contribution is 5.79. The van der Waals surface area contributed by atoms with Crippen molar-refractivity contribution in [3.05, 3.63) is 57.9 Å². The number of hydrogen-bond acceptors (Lipinski definition) is 4. The van der Waals surface area contributed by atoms with E-state index >= 15 is 0 Å². The Hall–Kier alpha value is -2.96. The van der Waals surface area contributed by atoms with E-state index in [2.05, 4.69) is 45.5 Å². The van der Waals surface area contributed by atoms with Crippen molar-refractivity contribution < 1.29 is 4.79 Å². The number of aromatic nitrogens is 4. The van der Waals surface area contributed by atoms with E-state index in [0.29, 0.717) is 17.8 Å². The molecule has 2 N–H and O–H groups in total. The highest BCUT2D eigenvalue weighted by Crippen LogP contribution is 2.15. The van der Waals surface area contributed by atoms with Crippen LogP contribution in [0.15, 0.2) is 35.5 Å². The lowest BCUT2D eigenvalue weighted by atomic mass is 10.2. The number of nitrogens with one attached hydrogen (secondary N) is 2. The molecule has 0 fully saturated rings. The van der Waals surface area contributed by atoms with Gasteiger partial charge in [-0.15, -0.1) is 0 Å². The summed E-state index contributed by atoms with van der Waals surface area (Å²) in [5.74, 6) is -0.137. The first kappa shape index (κ1) is 16.9. The van der Waals surface area contributed by atoms with Gasteiger partial charge in [-0.1, -0.05) is 12.1 Å². The Morgan fingerprint density at radius 3 is 3.00 bits per heavy atom. The molecule has 1 amide bonds. The summed E-state index contributed by atoms with van der Waals surface area (Å²) in [6, 6.07) is 6.24. The lowest BCUT2D eigenvalue weighted by Crippen LogP contribution is -2.28. The summed E-state index contributed by atoms with van der Waals surface area (Å²) < 4.78 is 1.96. The van der Waals surface area contributed by atoms with Crippen molar-refractivity contribution in [3.63, 3.8) is 0 Å². The SMILES string of the molecule is Cc1ccc2cnn(CCCNC(=O)Cc3nc[nH]c(=O)c3C)c2c1. The fourth-order valence-corrected chi connectivity index (χ4v) is 2.71. The van der Waals surface area contributed by atoms with Crippen LogP contribution in [0.1, 0.15) is 23.2 Å². The van der Waals surface area contributed by atoms with Gasteiger partial charge in [-0.25, -0.2) is 4.98 Å². The van der Waals surface area contributed by atoms with E-state index in [1.165, 1.54) is 11.9 Å². The second-order valence-corrected chi connectivity index (χ2v) is 6.11. The molecule has 2 aromatic heterocycles. The van der Waals surface area contributed by atoms with Crippen molar-refractivity contribution >= 4 is 16.8 Å². The van der Waals surface area contributed by atoms with Gasteiger partial charge in [0.05, 0.1) is 30.2 Å². The van der Waals surface area contributed by atoms with Crippen molar-refractivity contribution in [2.45, 2.75) is 33.2 Å².